The third-order valence-electron chi connectivity index (χ3n) is 4.92. The largest absolute Gasteiger partial charge is 0.368 e. The first-order valence-corrected chi connectivity index (χ1v) is 11.1. The molecule has 0 saturated carbocycles. The molecule has 1 aliphatic heterocycles. The van der Waals surface area contributed by atoms with Crippen LogP contribution in [0.25, 0.3) is 0 Å². The molecule has 0 N–H and O–H groups in total. The highest BCUT2D eigenvalue weighted by Gasteiger charge is 2.46. The van der Waals surface area contributed by atoms with Crippen LogP contribution in [0.15, 0.2) is 60.7 Å². The summed E-state index contributed by atoms with van der Waals surface area (Å²) < 4.78 is 18.7. The van der Waals surface area contributed by atoms with Crippen LogP contribution in [0, 0.1) is 0 Å². The van der Waals surface area contributed by atoms with Crippen molar-refractivity contribution in [2.45, 2.75) is 57.9 Å². The molecule has 160 valence electrons. The highest BCUT2D eigenvalue weighted by molar-refractivity contribution is 8.13. The zero-order valence-electron chi connectivity index (χ0n) is 17.4. The molecule has 0 aromatic heterocycles. The van der Waals surface area contributed by atoms with Crippen LogP contribution in [-0.4, -0.2) is 41.1 Å². The molecule has 5 nitrogen and oxygen atoms in total. The Balaban J connectivity index is 1.76. The average molecular weight is 429 g/mol. The standard InChI is InChI=1S/C24H28O5S/c1-17(25)13-21-23(27-14-19-9-5-3-6-10-19)24(22(29-21)16-30-18(2)26)28-15-20-11-7-4-8-12-20/h3-12,21-24H,13-16H2,1-2H3/t21-,22+,23+,24+/m1/s1. The number of thioether (sulfide) groups is 1. The van der Waals surface area contributed by atoms with Gasteiger partial charge in [0.25, 0.3) is 0 Å². The maximum atomic E-state index is 11.8. The van der Waals surface area contributed by atoms with Crippen molar-refractivity contribution in [3.05, 3.63) is 71.8 Å². The van der Waals surface area contributed by atoms with Crippen LogP contribution in [0.3, 0.4) is 0 Å². The van der Waals surface area contributed by atoms with Gasteiger partial charge in [0.15, 0.2) is 5.12 Å². The minimum atomic E-state index is -0.399. The summed E-state index contributed by atoms with van der Waals surface area (Å²) in [7, 11) is 0. The number of carbonyl (C=O) groups is 2. The summed E-state index contributed by atoms with van der Waals surface area (Å²) in [5.74, 6) is 0.504. The van der Waals surface area contributed by atoms with Crippen molar-refractivity contribution in [2.24, 2.45) is 0 Å². The molecule has 0 aliphatic carbocycles. The van der Waals surface area contributed by atoms with Gasteiger partial charge in [-0.25, -0.2) is 0 Å². The Hall–Kier alpha value is -1.99. The fraction of sp³-hybridized carbons (Fsp3) is 0.417. The van der Waals surface area contributed by atoms with E-state index in [9.17, 15) is 9.59 Å². The summed E-state index contributed by atoms with van der Waals surface area (Å²) in [5, 5.41) is 0.0252. The molecule has 1 saturated heterocycles. The molecule has 6 heteroatoms. The van der Waals surface area contributed by atoms with Crippen molar-refractivity contribution < 1.29 is 23.8 Å². The third-order valence-corrected chi connectivity index (χ3v) is 5.82. The molecular formula is C24H28O5S. The molecule has 1 fully saturated rings. The molecule has 0 bridgehead atoms. The average Bonchev–Trinajstić information content (AvgIpc) is 3.06. The van der Waals surface area contributed by atoms with Gasteiger partial charge in [-0.3, -0.25) is 9.59 Å². The minimum Gasteiger partial charge on any atom is -0.368 e. The summed E-state index contributed by atoms with van der Waals surface area (Å²) in [6, 6.07) is 19.8. The molecule has 1 aliphatic rings. The highest BCUT2D eigenvalue weighted by atomic mass is 32.2. The molecule has 2 aromatic rings. The molecule has 30 heavy (non-hydrogen) atoms. The maximum Gasteiger partial charge on any atom is 0.185 e. The predicted molar refractivity (Wildman–Crippen MR) is 117 cm³/mol. The normalized spacial score (nSPS) is 23.4. The molecule has 0 radical (unpaired) electrons. The van der Waals surface area contributed by atoms with Crippen molar-refractivity contribution >= 4 is 22.7 Å². The van der Waals surface area contributed by atoms with Gasteiger partial charge in [0, 0.05) is 19.1 Å². The van der Waals surface area contributed by atoms with Gasteiger partial charge in [-0.05, 0) is 18.1 Å². The first kappa shape index (κ1) is 22.7. The lowest BCUT2D eigenvalue weighted by atomic mass is 10.0. The van der Waals surface area contributed by atoms with E-state index in [1.807, 2.05) is 60.7 Å². The second-order valence-corrected chi connectivity index (χ2v) is 8.64. The Bertz CT molecular complexity index is 811. The third kappa shape index (κ3) is 6.77. The van der Waals surface area contributed by atoms with E-state index in [2.05, 4.69) is 0 Å². The number of carbonyl (C=O) groups excluding carboxylic acids is 2. The maximum absolute atomic E-state index is 11.8. The number of ketones is 1. The van der Waals surface area contributed by atoms with Gasteiger partial charge in [-0.15, -0.1) is 0 Å². The predicted octanol–water partition coefficient (Wildman–Crippen LogP) is 4.18. The molecule has 0 spiro atoms. The number of benzene rings is 2. The SMILES string of the molecule is CC(=O)C[C@H]1O[C@@H](CSC(C)=O)[C@H](OCc2ccccc2)[C@H]1OCc1ccccc1. The molecule has 4 atom stereocenters. The Morgan fingerprint density at radius 2 is 1.33 bits per heavy atom. The summed E-state index contributed by atoms with van der Waals surface area (Å²) >= 11 is 1.21. The molecule has 0 amide bonds. The van der Waals surface area contributed by atoms with Crippen LogP contribution in [0.4, 0.5) is 0 Å². The lowest BCUT2D eigenvalue weighted by Crippen LogP contribution is -2.38. The van der Waals surface area contributed by atoms with Gasteiger partial charge in [0.1, 0.15) is 18.0 Å². The smallest absolute Gasteiger partial charge is 0.185 e. The highest BCUT2D eigenvalue weighted by Crippen LogP contribution is 2.32. The topological polar surface area (TPSA) is 61.8 Å². The van der Waals surface area contributed by atoms with E-state index >= 15 is 0 Å². The van der Waals surface area contributed by atoms with E-state index in [1.54, 1.807) is 6.92 Å². The zero-order valence-corrected chi connectivity index (χ0v) is 18.2. The van der Waals surface area contributed by atoms with Crippen LogP contribution < -0.4 is 0 Å². The lowest BCUT2D eigenvalue weighted by molar-refractivity contribution is -0.122. The molecule has 2 aromatic carbocycles. The van der Waals surface area contributed by atoms with E-state index in [0.717, 1.165) is 11.1 Å². The summed E-state index contributed by atoms with van der Waals surface area (Å²) in [6.45, 7) is 3.90. The number of hydrogen-bond acceptors (Lipinski definition) is 6. The van der Waals surface area contributed by atoms with Crippen LogP contribution in [-0.2, 0) is 37.0 Å². The van der Waals surface area contributed by atoms with Gasteiger partial charge in [0.05, 0.1) is 25.4 Å². The summed E-state index contributed by atoms with van der Waals surface area (Å²) in [4.78, 5) is 23.4. The molecule has 0 unspecified atom stereocenters. The Morgan fingerprint density at radius 1 is 0.833 bits per heavy atom. The molecular weight excluding hydrogens is 400 g/mol. The van der Waals surface area contributed by atoms with Gasteiger partial charge in [-0.1, -0.05) is 72.4 Å². The Labute approximate surface area is 182 Å². The van der Waals surface area contributed by atoms with E-state index in [4.69, 9.17) is 14.2 Å². The number of ether oxygens (including phenoxy) is 3. The lowest BCUT2D eigenvalue weighted by Gasteiger charge is -2.25. The second-order valence-electron chi connectivity index (χ2n) is 7.44. The van der Waals surface area contributed by atoms with Crippen LogP contribution in [0.1, 0.15) is 31.4 Å². The van der Waals surface area contributed by atoms with E-state index in [0.29, 0.717) is 19.0 Å². The van der Waals surface area contributed by atoms with Crippen molar-refractivity contribution in [1.29, 1.82) is 0 Å². The van der Waals surface area contributed by atoms with Crippen LogP contribution in [0.2, 0.25) is 0 Å². The second kappa shape index (κ2) is 11.4. The monoisotopic (exact) mass is 428 g/mol. The van der Waals surface area contributed by atoms with Crippen molar-refractivity contribution in [3.8, 4) is 0 Å². The number of Topliss-reactive ketones (excluding diaryl/α,β-unsaturated/α-hetero) is 1. The summed E-state index contributed by atoms with van der Waals surface area (Å²) in [5.41, 5.74) is 2.09. The van der Waals surface area contributed by atoms with Crippen LogP contribution >= 0.6 is 11.8 Å². The van der Waals surface area contributed by atoms with Crippen LogP contribution in [0.5, 0.6) is 0 Å². The number of hydrogen-bond donors (Lipinski definition) is 0. The first-order valence-electron chi connectivity index (χ1n) is 10.1. The quantitative estimate of drug-likeness (QED) is 0.566. The Morgan fingerprint density at radius 3 is 1.80 bits per heavy atom. The number of rotatable bonds is 10. The van der Waals surface area contributed by atoms with Gasteiger partial charge in [-0.2, -0.15) is 0 Å². The van der Waals surface area contributed by atoms with Gasteiger partial charge >= 0.3 is 0 Å². The van der Waals surface area contributed by atoms with E-state index in [-0.39, 0.29) is 29.5 Å². The van der Waals surface area contributed by atoms with Crippen molar-refractivity contribution in [3.63, 3.8) is 0 Å². The van der Waals surface area contributed by atoms with E-state index in [1.165, 1.54) is 18.7 Å². The summed E-state index contributed by atoms with van der Waals surface area (Å²) in [6.07, 6.45) is -1.23. The fourth-order valence-electron chi connectivity index (χ4n) is 3.52. The molecule has 3 rings (SSSR count). The first-order chi connectivity index (χ1) is 14.5. The Kier molecular flexibility index (Phi) is 8.63. The van der Waals surface area contributed by atoms with Gasteiger partial charge < -0.3 is 14.2 Å². The van der Waals surface area contributed by atoms with E-state index < -0.39 is 12.2 Å². The molecule has 1 heterocycles. The van der Waals surface area contributed by atoms with Crippen molar-refractivity contribution in [1.82, 2.24) is 0 Å². The fourth-order valence-corrected chi connectivity index (χ4v) is 4.19. The van der Waals surface area contributed by atoms with Gasteiger partial charge in [0.2, 0.25) is 0 Å². The van der Waals surface area contributed by atoms with Crippen molar-refractivity contribution in [2.75, 3.05) is 5.75 Å². The zero-order chi connectivity index (χ0) is 21.3. The minimum absolute atomic E-state index is 0.0252.